The summed E-state index contributed by atoms with van der Waals surface area (Å²) in [6.45, 7) is 3.98. The maximum absolute atomic E-state index is 6.13. The van der Waals surface area contributed by atoms with Gasteiger partial charge in [0.1, 0.15) is 17.7 Å². The zero-order valence-electron chi connectivity index (χ0n) is 12.0. The molecule has 1 aliphatic heterocycles. The van der Waals surface area contributed by atoms with Crippen LogP contribution in [0.4, 0.5) is 5.13 Å². The van der Waals surface area contributed by atoms with Gasteiger partial charge in [0.2, 0.25) is 5.13 Å². The van der Waals surface area contributed by atoms with E-state index in [2.05, 4.69) is 21.2 Å². The Hall–Kier alpha value is -1.33. The van der Waals surface area contributed by atoms with Gasteiger partial charge in [0.25, 0.3) is 0 Å². The quantitative estimate of drug-likeness (QED) is 0.857. The SMILES string of the molecule is CCc1nsc(N2CCC(Oc3ccccc3Cl)CC2)n1. The van der Waals surface area contributed by atoms with Crippen LogP contribution in [0.1, 0.15) is 25.6 Å². The molecule has 3 rings (SSSR count). The molecule has 2 aromatic rings. The second kappa shape index (κ2) is 6.62. The number of anilines is 1. The van der Waals surface area contributed by atoms with E-state index in [-0.39, 0.29) is 6.10 Å². The van der Waals surface area contributed by atoms with E-state index in [1.165, 1.54) is 11.5 Å². The third kappa shape index (κ3) is 3.47. The molecule has 1 aromatic heterocycles. The topological polar surface area (TPSA) is 38.2 Å². The van der Waals surface area contributed by atoms with E-state index in [0.29, 0.717) is 5.02 Å². The van der Waals surface area contributed by atoms with Gasteiger partial charge in [-0.2, -0.15) is 4.37 Å². The zero-order valence-corrected chi connectivity index (χ0v) is 13.5. The number of rotatable bonds is 4. The number of hydrogen-bond acceptors (Lipinski definition) is 5. The number of piperidine rings is 1. The predicted molar refractivity (Wildman–Crippen MR) is 86.6 cm³/mol. The van der Waals surface area contributed by atoms with Crippen LogP contribution >= 0.6 is 23.1 Å². The van der Waals surface area contributed by atoms with Gasteiger partial charge in [0, 0.05) is 43.9 Å². The fraction of sp³-hybridized carbons (Fsp3) is 0.467. The van der Waals surface area contributed by atoms with Gasteiger partial charge >= 0.3 is 0 Å². The van der Waals surface area contributed by atoms with Crippen molar-refractivity contribution in [2.24, 2.45) is 0 Å². The lowest BCUT2D eigenvalue weighted by atomic mass is 10.1. The second-order valence-corrected chi connectivity index (χ2v) is 6.22. The summed E-state index contributed by atoms with van der Waals surface area (Å²) in [6, 6.07) is 7.65. The molecule has 112 valence electrons. The first-order valence-electron chi connectivity index (χ1n) is 7.25. The molecule has 0 amide bonds. The van der Waals surface area contributed by atoms with Gasteiger partial charge in [-0.15, -0.1) is 0 Å². The second-order valence-electron chi connectivity index (χ2n) is 5.08. The van der Waals surface area contributed by atoms with Gasteiger partial charge in [0.05, 0.1) is 5.02 Å². The molecule has 0 bridgehead atoms. The highest BCUT2D eigenvalue weighted by molar-refractivity contribution is 7.09. The third-order valence-electron chi connectivity index (χ3n) is 3.62. The Morgan fingerprint density at radius 1 is 1.33 bits per heavy atom. The largest absolute Gasteiger partial charge is 0.489 e. The molecule has 6 heteroatoms. The molecular formula is C15H18ClN3OS. The molecule has 0 aliphatic carbocycles. The lowest BCUT2D eigenvalue weighted by Gasteiger charge is -2.31. The molecule has 0 saturated carbocycles. The minimum atomic E-state index is 0.222. The van der Waals surface area contributed by atoms with E-state index in [1.54, 1.807) is 0 Å². The molecular weight excluding hydrogens is 306 g/mol. The summed E-state index contributed by atoms with van der Waals surface area (Å²) in [5, 5.41) is 1.71. The van der Waals surface area contributed by atoms with Crippen LogP contribution in [0.3, 0.4) is 0 Å². The van der Waals surface area contributed by atoms with Crippen molar-refractivity contribution in [3.05, 3.63) is 35.1 Å². The Bertz CT molecular complexity index is 596. The van der Waals surface area contributed by atoms with Crippen LogP contribution in [0, 0.1) is 0 Å². The number of ether oxygens (including phenoxy) is 1. The van der Waals surface area contributed by atoms with E-state index in [9.17, 15) is 0 Å². The maximum atomic E-state index is 6.13. The van der Waals surface area contributed by atoms with E-state index >= 15 is 0 Å². The molecule has 1 fully saturated rings. The molecule has 0 atom stereocenters. The maximum Gasteiger partial charge on any atom is 0.205 e. The number of nitrogens with zero attached hydrogens (tertiary/aromatic N) is 3. The fourth-order valence-electron chi connectivity index (χ4n) is 2.40. The van der Waals surface area contributed by atoms with Crippen molar-refractivity contribution in [1.29, 1.82) is 0 Å². The van der Waals surface area contributed by atoms with Gasteiger partial charge in [-0.1, -0.05) is 30.7 Å². The number of hydrogen-bond donors (Lipinski definition) is 0. The molecule has 21 heavy (non-hydrogen) atoms. The first-order valence-corrected chi connectivity index (χ1v) is 8.40. The van der Waals surface area contributed by atoms with Crippen molar-refractivity contribution in [3.8, 4) is 5.75 Å². The van der Waals surface area contributed by atoms with Crippen LogP contribution in [0.25, 0.3) is 0 Å². The van der Waals surface area contributed by atoms with Gasteiger partial charge < -0.3 is 9.64 Å². The molecule has 0 N–H and O–H groups in total. The third-order valence-corrected chi connectivity index (χ3v) is 4.74. The normalized spacial score (nSPS) is 16.2. The summed E-state index contributed by atoms with van der Waals surface area (Å²) < 4.78 is 10.4. The van der Waals surface area contributed by atoms with Crippen molar-refractivity contribution in [1.82, 2.24) is 9.36 Å². The Kier molecular flexibility index (Phi) is 4.60. The number of aryl methyl sites for hydroxylation is 1. The van der Waals surface area contributed by atoms with Crippen LogP contribution < -0.4 is 9.64 Å². The van der Waals surface area contributed by atoms with Crippen LogP contribution in [-0.4, -0.2) is 28.6 Å². The molecule has 2 heterocycles. The number of benzene rings is 1. The van der Waals surface area contributed by atoms with E-state index < -0.39 is 0 Å². The lowest BCUT2D eigenvalue weighted by Crippen LogP contribution is -2.38. The Morgan fingerprint density at radius 3 is 2.76 bits per heavy atom. The van der Waals surface area contributed by atoms with Crippen molar-refractivity contribution in [2.75, 3.05) is 18.0 Å². The van der Waals surface area contributed by atoms with Crippen molar-refractivity contribution < 1.29 is 4.74 Å². The number of aromatic nitrogens is 2. The molecule has 4 nitrogen and oxygen atoms in total. The fourth-order valence-corrected chi connectivity index (χ4v) is 3.38. The summed E-state index contributed by atoms with van der Waals surface area (Å²) >= 11 is 7.63. The van der Waals surface area contributed by atoms with Gasteiger partial charge in [-0.3, -0.25) is 0 Å². The molecule has 0 radical (unpaired) electrons. The molecule has 1 saturated heterocycles. The van der Waals surface area contributed by atoms with Crippen LogP contribution in [0.5, 0.6) is 5.75 Å². The van der Waals surface area contributed by atoms with E-state index in [1.807, 2.05) is 24.3 Å². The summed E-state index contributed by atoms with van der Waals surface area (Å²) in [4.78, 5) is 6.84. The first-order chi connectivity index (χ1) is 10.3. The first kappa shape index (κ1) is 14.6. The lowest BCUT2D eigenvalue weighted by molar-refractivity contribution is 0.171. The summed E-state index contributed by atoms with van der Waals surface area (Å²) in [6.07, 6.45) is 3.07. The average Bonchev–Trinajstić information content (AvgIpc) is 2.99. The van der Waals surface area contributed by atoms with Crippen molar-refractivity contribution in [3.63, 3.8) is 0 Å². The van der Waals surface area contributed by atoms with Gasteiger partial charge in [-0.25, -0.2) is 4.98 Å². The molecule has 1 aromatic carbocycles. The van der Waals surface area contributed by atoms with Gasteiger partial charge in [-0.05, 0) is 12.1 Å². The van der Waals surface area contributed by atoms with Crippen LogP contribution in [0.2, 0.25) is 5.02 Å². The molecule has 0 unspecified atom stereocenters. The van der Waals surface area contributed by atoms with Crippen molar-refractivity contribution in [2.45, 2.75) is 32.3 Å². The Morgan fingerprint density at radius 2 is 2.10 bits per heavy atom. The number of halogens is 1. The van der Waals surface area contributed by atoms with E-state index in [4.69, 9.17) is 16.3 Å². The van der Waals surface area contributed by atoms with Crippen molar-refractivity contribution >= 4 is 28.3 Å². The summed E-state index contributed by atoms with van der Waals surface area (Å²) in [5.74, 6) is 1.71. The van der Waals surface area contributed by atoms with Crippen LogP contribution in [-0.2, 0) is 6.42 Å². The Labute approximate surface area is 133 Å². The van der Waals surface area contributed by atoms with Gasteiger partial charge in [0.15, 0.2) is 0 Å². The monoisotopic (exact) mass is 323 g/mol. The standard InChI is InChI=1S/C15H18ClN3OS/c1-2-14-17-15(21-18-14)19-9-7-11(8-10-19)20-13-6-4-3-5-12(13)16/h3-6,11H,2,7-10H2,1H3. The summed E-state index contributed by atoms with van der Waals surface area (Å²) in [7, 11) is 0. The minimum absolute atomic E-state index is 0.222. The smallest absolute Gasteiger partial charge is 0.205 e. The van der Waals surface area contributed by atoms with E-state index in [0.717, 1.165) is 49.1 Å². The highest BCUT2D eigenvalue weighted by Gasteiger charge is 2.23. The van der Waals surface area contributed by atoms with Crippen LogP contribution in [0.15, 0.2) is 24.3 Å². The highest BCUT2D eigenvalue weighted by Crippen LogP contribution is 2.28. The minimum Gasteiger partial charge on any atom is -0.489 e. The highest BCUT2D eigenvalue weighted by atomic mass is 35.5. The Balaban J connectivity index is 1.56. The predicted octanol–water partition coefficient (Wildman–Crippen LogP) is 3.80. The zero-order chi connectivity index (χ0) is 14.7. The molecule has 0 spiro atoms. The summed E-state index contributed by atoms with van der Waals surface area (Å²) in [5.41, 5.74) is 0. The average molecular weight is 324 g/mol. The number of para-hydroxylation sites is 1. The molecule has 1 aliphatic rings.